The van der Waals surface area contributed by atoms with Gasteiger partial charge >= 0.3 is 36.2 Å². The summed E-state index contributed by atoms with van der Waals surface area (Å²) in [6.07, 6.45) is 14.7. The van der Waals surface area contributed by atoms with Crippen molar-refractivity contribution in [3.8, 4) is 0 Å². The summed E-state index contributed by atoms with van der Waals surface area (Å²) in [5.41, 5.74) is 0. The van der Waals surface area contributed by atoms with Crippen molar-refractivity contribution in [2.24, 2.45) is 0 Å². The molecule has 0 aliphatic heterocycles. The Labute approximate surface area is 143 Å². The molecule has 6 heteroatoms. The van der Waals surface area contributed by atoms with Gasteiger partial charge in [0.2, 0.25) is 0 Å². The van der Waals surface area contributed by atoms with Crippen LogP contribution in [0.2, 0.25) is 0 Å². The van der Waals surface area contributed by atoms with E-state index >= 15 is 0 Å². The van der Waals surface area contributed by atoms with Crippen molar-refractivity contribution in [2.75, 3.05) is 6.61 Å². The van der Waals surface area contributed by atoms with Crippen LogP contribution in [-0.2, 0) is 14.6 Å². The molecule has 0 saturated carbocycles. The standard InChI is InChI=1S/C14H30O4S.In.3H/c1-2-3-4-5-6-7-8-9-10-11-12-13-14-18-19(15,16)17;;;;/h2-14H2,1H3,(H,15,16,17);;;;. The third kappa shape index (κ3) is 21.0. The Balaban J connectivity index is 0. The van der Waals surface area contributed by atoms with Gasteiger partial charge in [-0.25, -0.2) is 4.18 Å². The van der Waals surface area contributed by atoms with E-state index < -0.39 is 10.4 Å². The van der Waals surface area contributed by atoms with Gasteiger partial charge in [0.25, 0.3) is 0 Å². The Kier molecular flexibility index (Phi) is 18.5. The second kappa shape index (κ2) is 16.1. The molecule has 0 fully saturated rings. The molecular formula is C14H33InO4S. The molecule has 0 radical (unpaired) electrons. The van der Waals surface area contributed by atoms with Crippen molar-refractivity contribution >= 4 is 36.2 Å². The summed E-state index contributed by atoms with van der Waals surface area (Å²) in [4.78, 5) is 0. The fourth-order valence-corrected chi connectivity index (χ4v) is 2.44. The Morgan fingerprint density at radius 3 is 1.45 bits per heavy atom. The summed E-state index contributed by atoms with van der Waals surface area (Å²) in [6, 6.07) is 0. The molecule has 0 aromatic rings. The summed E-state index contributed by atoms with van der Waals surface area (Å²) in [5.74, 6) is 0. The van der Waals surface area contributed by atoms with Gasteiger partial charge in [0.15, 0.2) is 0 Å². The van der Waals surface area contributed by atoms with E-state index in [1.807, 2.05) is 0 Å². The van der Waals surface area contributed by atoms with E-state index in [9.17, 15) is 8.42 Å². The monoisotopic (exact) mass is 412 g/mol. The van der Waals surface area contributed by atoms with Gasteiger partial charge in [0.05, 0.1) is 6.61 Å². The molecule has 0 aliphatic carbocycles. The zero-order valence-electron chi connectivity index (χ0n) is 12.3. The molecular weight excluding hydrogens is 379 g/mol. The predicted molar refractivity (Wildman–Crippen MR) is 88.5 cm³/mol. The van der Waals surface area contributed by atoms with Crippen LogP contribution < -0.4 is 0 Å². The van der Waals surface area contributed by atoms with Crippen molar-refractivity contribution in [2.45, 2.75) is 84.0 Å². The Bertz CT molecular complexity index is 281. The van der Waals surface area contributed by atoms with Gasteiger partial charge in [0, 0.05) is 0 Å². The first-order chi connectivity index (χ1) is 9.06. The van der Waals surface area contributed by atoms with Crippen LogP contribution in [0.15, 0.2) is 0 Å². The van der Waals surface area contributed by atoms with Crippen molar-refractivity contribution < 1.29 is 17.2 Å². The molecule has 0 unspecified atom stereocenters. The van der Waals surface area contributed by atoms with Gasteiger partial charge in [-0.15, -0.1) is 0 Å². The summed E-state index contributed by atoms with van der Waals surface area (Å²) in [7, 11) is -4.24. The molecule has 0 aliphatic rings. The van der Waals surface area contributed by atoms with E-state index in [1.54, 1.807) is 0 Å². The maximum absolute atomic E-state index is 10.3. The molecule has 1 N–H and O–H groups in total. The van der Waals surface area contributed by atoms with Crippen LogP contribution in [0, 0.1) is 0 Å². The molecule has 4 nitrogen and oxygen atoms in total. The third-order valence-corrected chi connectivity index (χ3v) is 3.69. The van der Waals surface area contributed by atoms with Gasteiger partial charge in [-0.1, -0.05) is 77.6 Å². The van der Waals surface area contributed by atoms with Crippen molar-refractivity contribution in [1.29, 1.82) is 0 Å². The Morgan fingerprint density at radius 2 is 1.10 bits per heavy atom. The van der Waals surface area contributed by atoms with Crippen LogP contribution in [0.4, 0.5) is 0 Å². The van der Waals surface area contributed by atoms with Crippen LogP contribution in [0.5, 0.6) is 0 Å². The van der Waals surface area contributed by atoms with Gasteiger partial charge in [-0.3, -0.25) is 4.55 Å². The third-order valence-electron chi connectivity index (χ3n) is 3.23. The van der Waals surface area contributed by atoms with E-state index in [0.717, 1.165) is 12.8 Å². The molecule has 0 heterocycles. The Morgan fingerprint density at radius 1 is 0.750 bits per heavy atom. The zero-order valence-corrected chi connectivity index (χ0v) is 13.1. The molecule has 0 aromatic carbocycles. The van der Waals surface area contributed by atoms with Gasteiger partial charge in [-0.2, -0.15) is 8.42 Å². The minimum atomic E-state index is -4.24. The van der Waals surface area contributed by atoms with Crippen LogP contribution >= 0.6 is 0 Å². The van der Waals surface area contributed by atoms with Crippen LogP contribution in [0.1, 0.15) is 84.0 Å². The van der Waals surface area contributed by atoms with Crippen LogP contribution in [0.3, 0.4) is 0 Å². The summed E-state index contributed by atoms with van der Waals surface area (Å²) >= 11 is 0. The number of hydrogen-bond acceptors (Lipinski definition) is 3. The van der Waals surface area contributed by atoms with Gasteiger partial charge < -0.3 is 0 Å². The molecule has 20 heavy (non-hydrogen) atoms. The topological polar surface area (TPSA) is 63.6 Å². The fourth-order valence-electron chi connectivity index (χ4n) is 2.11. The van der Waals surface area contributed by atoms with E-state index in [1.165, 1.54) is 57.8 Å². The average molecular weight is 412 g/mol. The van der Waals surface area contributed by atoms with E-state index in [0.29, 0.717) is 6.42 Å². The van der Waals surface area contributed by atoms with Crippen molar-refractivity contribution in [1.82, 2.24) is 0 Å². The maximum atomic E-state index is 10.3. The SMILES string of the molecule is CCCCCCCCCCCCCCOS(=O)(=O)O.[InH3]. The molecule has 122 valence electrons. The minimum absolute atomic E-state index is 0. The number of hydrogen-bond donors (Lipinski definition) is 1. The zero-order chi connectivity index (χ0) is 14.4. The first-order valence-electron chi connectivity index (χ1n) is 7.68. The summed E-state index contributed by atoms with van der Waals surface area (Å²) in [6.45, 7) is 2.33. The second-order valence-electron chi connectivity index (χ2n) is 5.14. The predicted octanol–water partition coefficient (Wildman–Crippen LogP) is 3.32. The first-order valence-corrected chi connectivity index (χ1v) is 9.04. The Hall–Kier alpha value is 0.740. The van der Waals surface area contributed by atoms with E-state index in [-0.39, 0.29) is 32.5 Å². The second-order valence-corrected chi connectivity index (χ2v) is 6.23. The quantitative estimate of drug-likeness (QED) is 0.351. The number of unbranched alkanes of at least 4 members (excludes halogenated alkanes) is 11. The molecule has 0 aromatic heterocycles. The molecule has 0 atom stereocenters. The average Bonchev–Trinajstić information content (AvgIpc) is 2.34. The molecule has 0 rings (SSSR count). The molecule has 0 spiro atoms. The van der Waals surface area contributed by atoms with Gasteiger partial charge in [0.1, 0.15) is 0 Å². The van der Waals surface area contributed by atoms with Crippen molar-refractivity contribution in [3.63, 3.8) is 0 Å². The van der Waals surface area contributed by atoms with Crippen LogP contribution in [-0.4, -0.2) is 45.4 Å². The summed E-state index contributed by atoms with van der Waals surface area (Å²) in [5, 5.41) is 0. The van der Waals surface area contributed by atoms with Crippen molar-refractivity contribution in [3.05, 3.63) is 0 Å². The summed E-state index contributed by atoms with van der Waals surface area (Å²) < 4.78 is 33.1. The molecule has 0 amide bonds. The van der Waals surface area contributed by atoms with Crippen LogP contribution in [0.25, 0.3) is 0 Å². The molecule has 0 saturated heterocycles. The van der Waals surface area contributed by atoms with Gasteiger partial charge in [-0.05, 0) is 6.42 Å². The number of rotatable bonds is 14. The van der Waals surface area contributed by atoms with E-state index in [4.69, 9.17) is 4.55 Å². The normalized spacial score (nSPS) is 11.3. The molecule has 0 bridgehead atoms. The van der Waals surface area contributed by atoms with E-state index in [2.05, 4.69) is 11.1 Å². The first kappa shape index (κ1) is 23.0. The fraction of sp³-hybridized carbons (Fsp3) is 1.00.